The fourth-order valence-electron chi connectivity index (χ4n) is 3.73. The van der Waals surface area contributed by atoms with Crippen LogP contribution in [0.15, 0.2) is 35.7 Å². The number of fused-ring (bicyclic) bond motifs is 1. The van der Waals surface area contributed by atoms with Gasteiger partial charge in [-0.15, -0.1) is 11.3 Å². The van der Waals surface area contributed by atoms with Gasteiger partial charge in [-0.3, -0.25) is 9.59 Å². The number of carbonyl (C=O) groups excluding carboxylic acids is 2. The Balaban J connectivity index is 1.91. The van der Waals surface area contributed by atoms with Gasteiger partial charge in [-0.2, -0.15) is 0 Å². The Morgan fingerprint density at radius 1 is 1.26 bits per heavy atom. The van der Waals surface area contributed by atoms with Gasteiger partial charge in [0.15, 0.2) is 0 Å². The maximum Gasteiger partial charge on any atom is 0.243 e. The first kappa shape index (κ1) is 19.6. The largest absolute Gasteiger partial charge is 0.331 e. The summed E-state index contributed by atoms with van der Waals surface area (Å²) in [6.07, 6.45) is 1.72. The van der Waals surface area contributed by atoms with Gasteiger partial charge in [-0.05, 0) is 49.3 Å². The lowest BCUT2D eigenvalue weighted by Crippen LogP contribution is -2.48. The minimum Gasteiger partial charge on any atom is -0.331 e. The Morgan fingerprint density at radius 2 is 1.96 bits per heavy atom. The first-order chi connectivity index (χ1) is 12.9. The zero-order chi connectivity index (χ0) is 19.6. The monoisotopic (exact) mass is 384 g/mol. The Bertz CT molecular complexity index is 812. The topological polar surface area (TPSA) is 40.6 Å². The molecular weight excluding hydrogens is 356 g/mol. The summed E-state index contributed by atoms with van der Waals surface area (Å²) in [5.41, 5.74) is 3.56. The molecule has 0 N–H and O–H groups in total. The van der Waals surface area contributed by atoms with Crippen LogP contribution >= 0.6 is 11.3 Å². The van der Waals surface area contributed by atoms with E-state index in [4.69, 9.17) is 0 Å². The van der Waals surface area contributed by atoms with Crippen LogP contribution in [0.2, 0.25) is 0 Å². The molecule has 1 aromatic heterocycles. The molecule has 0 fully saturated rings. The molecule has 0 aliphatic carbocycles. The minimum atomic E-state index is -0.0705. The predicted octanol–water partition coefficient (Wildman–Crippen LogP) is 4.18. The van der Waals surface area contributed by atoms with Crippen molar-refractivity contribution in [2.75, 3.05) is 13.1 Å². The molecule has 2 aromatic rings. The van der Waals surface area contributed by atoms with Crippen LogP contribution in [-0.4, -0.2) is 40.7 Å². The van der Waals surface area contributed by atoms with E-state index in [1.807, 2.05) is 18.7 Å². The summed E-state index contributed by atoms with van der Waals surface area (Å²) in [5, 5.41) is 2.11. The molecule has 3 rings (SSSR count). The van der Waals surface area contributed by atoms with Gasteiger partial charge >= 0.3 is 0 Å². The van der Waals surface area contributed by atoms with Gasteiger partial charge in [-0.25, -0.2) is 0 Å². The van der Waals surface area contributed by atoms with Crippen LogP contribution in [0.5, 0.6) is 0 Å². The summed E-state index contributed by atoms with van der Waals surface area (Å²) < 4.78 is 0. The maximum atomic E-state index is 13.3. The van der Waals surface area contributed by atoms with E-state index in [0.717, 1.165) is 18.4 Å². The molecule has 1 aliphatic heterocycles. The molecule has 144 valence electrons. The van der Waals surface area contributed by atoms with E-state index in [1.165, 1.54) is 16.0 Å². The molecule has 0 saturated carbocycles. The van der Waals surface area contributed by atoms with Gasteiger partial charge in [0.05, 0.1) is 6.04 Å². The number of thiophene rings is 1. The molecule has 5 heteroatoms. The number of hydrogen-bond donors (Lipinski definition) is 0. The van der Waals surface area contributed by atoms with E-state index in [-0.39, 0.29) is 30.4 Å². The quantitative estimate of drug-likeness (QED) is 0.776. The van der Waals surface area contributed by atoms with Crippen LogP contribution in [0.25, 0.3) is 0 Å². The molecule has 0 saturated heterocycles. The maximum absolute atomic E-state index is 13.3. The third-order valence-electron chi connectivity index (χ3n) is 5.51. The Hall–Kier alpha value is -2.14. The van der Waals surface area contributed by atoms with E-state index in [1.54, 1.807) is 23.2 Å². The molecule has 2 amide bonds. The van der Waals surface area contributed by atoms with Gasteiger partial charge in [0.1, 0.15) is 6.54 Å². The van der Waals surface area contributed by atoms with E-state index in [0.29, 0.717) is 6.54 Å². The van der Waals surface area contributed by atoms with Crippen molar-refractivity contribution in [3.63, 3.8) is 0 Å². The molecule has 1 aliphatic rings. The van der Waals surface area contributed by atoms with Crippen LogP contribution in [0.3, 0.4) is 0 Å². The van der Waals surface area contributed by atoms with Crippen LogP contribution in [0.1, 0.15) is 54.8 Å². The predicted molar refractivity (Wildman–Crippen MR) is 110 cm³/mol. The summed E-state index contributed by atoms with van der Waals surface area (Å²) in [6.45, 7) is 8.49. The molecule has 1 aromatic carbocycles. The highest BCUT2D eigenvalue weighted by atomic mass is 32.1. The van der Waals surface area contributed by atoms with Crippen molar-refractivity contribution in [1.29, 1.82) is 0 Å². The highest BCUT2D eigenvalue weighted by Gasteiger charge is 2.34. The lowest BCUT2D eigenvalue weighted by Gasteiger charge is -2.38. The third-order valence-corrected chi connectivity index (χ3v) is 6.51. The second-order valence-electron chi connectivity index (χ2n) is 7.35. The van der Waals surface area contributed by atoms with Crippen molar-refractivity contribution < 1.29 is 9.59 Å². The zero-order valence-electron chi connectivity index (χ0n) is 16.6. The molecule has 0 bridgehead atoms. The van der Waals surface area contributed by atoms with Crippen molar-refractivity contribution in [1.82, 2.24) is 9.80 Å². The van der Waals surface area contributed by atoms with E-state index in [9.17, 15) is 9.59 Å². The number of hydrogen-bond acceptors (Lipinski definition) is 3. The molecule has 4 nitrogen and oxygen atoms in total. The third kappa shape index (κ3) is 4.08. The van der Waals surface area contributed by atoms with E-state index >= 15 is 0 Å². The Morgan fingerprint density at radius 3 is 2.59 bits per heavy atom. The number of nitrogens with zero attached hydrogens (tertiary/aromatic N) is 2. The summed E-state index contributed by atoms with van der Waals surface area (Å²) in [5.74, 6) is -0.0225. The molecule has 0 radical (unpaired) electrons. The average molecular weight is 385 g/mol. The second-order valence-corrected chi connectivity index (χ2v) is 8.35. The molecule has 2 heterocycles. The van der Waals surface area contributed by atoms with Gasteiger partial charge in [0.2, 0.25) is 11.8 Å². The highest BCUT2D eigenvalue weighted by Crippen LogP contribution is 2.38. The molecule has 0 spiro atoms. The normalized spacial score (nSPS) is 17.3. The van der Waals surface area contributed by atoms with Gasteiger partial charge in [0, 0.05) is 24.4 Å². The van der Waals surface area contributed by atoms with E-state index < -0.39 is 0 Å². The van der Waals surface area contributed by atoms with E-state index in [2.05, 4.69) is 42.6 Å². The Labute approximate surface area is 165 Å². The number of amides is 2. The summed E-state index contributed by atoms with van der Waals surface area (Å²) in [7, 11) is 0. The van der Waals surface area contributed by atoms with Crippen molar-refractivity contribution in [2.24, 2.45) is 0 Å². The lowest BCUT2D eigenvalue weighted by atomic mass is 9.92. The molecule has 27 heavy (non-hydrogen) atoms. The van der Waals surface area contributed by atoms with Gasteiger partial charge in [0.25, 0.3) is 0 Å². The first-order valence-electron chi connectivity index (χ1n) is 9.61. The molecule has 0 unspecified atom stereocenters. The van der Waals surface area contributed by atoms with Crippen LogP contribution in [0, 0.1) is 6.92 Å². The van der Waals surface area contributed by atoms with Gasteiger partial charge < -0.3 is 9.80 Å². The fourth-order valence-corrected chi connectivity index (χ4v) is 4.63. The zero-order valence-corrected chi connectivity index (χ0v) is 17.4. The van der Waals surface area contributed by atoms with Gasteiger partial charge in [-0.1, -0.05) is 36.8 Å². The lowest BCUT2D eigenvalue weighted by molar-refractivity contribution is -0.142. The van der Waals surface area contributed by atoms with Crippen molar-refractivity contribution in [3.8, 4) is 0 Å². The summed E-state index contributed by atoms with van der Waals surface area (Å²) in [4.78, 5) is 30.3. The minimum absolute atomic E-state index is 0.0212. The van der Waals surface area contributed by atoms with Crippen molar-refractivity contribution in [2.45, 2.75) is 52.6 Å². The smallest absolute Gasteiger partial charge is 0.243 e. The molecular formula is C22H28N2O2S. The number of benzene rings is 1. The van der Waals surface area contributed by atoms with Crippen LogP contribution in [-0.2, 0) is 16.0 Å². The average Bonchev–Trinajstić information content (AvgIpc) is 3.13. The van der Waals surface area contributed by atoms with Crippen LogP contribution < -0.4 is 0 Å². The van der Waals surface area contributed by atoms with Crippen LogP contribution in [0.4, 0.5) is 0 Å². The highest BCUT2D eigenvalue weighted by molar-refractivity contribution is 7.10. The number of carbonyl (C=O) groups is 2. The standard InChI is InChI=1S/C22H28N2O2S/c1-5-16(3)24(17(4)25)14-21(26)23-12-10-20-19(11-13-27-20)22(23)18-8-6-15(2)7-9-18/h6-9,11,13,16,22H,5,10,12,14H2,1-4H3/t16-,22+/m0/s1. The SMILES string of the molecule is CC[C@H](C)N(CC(=O)N1CCc2sccc2[C@H]1c1ccc(C)cc1)C(C)=O. The summed E-state index contributed by atoms with van der Waals surface area (Å²) in [6, 6.07) is 10.6. The number of aryl methyl sites for hydroxylation is 1. The second kappa shape index (κ2) is 8.26. The Kier molecular flexibility index (Phi) is 6.00. The fraction of sp³-hybridized carbons (Fsp3) is 0.455. The van der Waals surface area contributed by atoms with Crippen molar-refractivity contribution in [3.05, 3.63) is 57.3 Å². The molecule has 2 atom stereocenters. The first-order valence-corrected chi connectivity index (χ1v) is 10.5. The van der Waals surface area contributed by atoms with Crippen molar-refractivity contribution >= 4 is 23.2 Å². The summed E-state index contributed by atoms with van der Waals surface area (Å²) >= 11 is 1.77. The number of rotatable bonds is 5.